The average Bonchev–Trinajstić information content (AvgIpc) is 2.33. The molecule has 104 valence electrons. The summed E-state index contributed by atoms with van der Waals surface area (Å²) in [5.41, 5.74) is -0.0268. The van der Waals surface area contributed by atoms with E-state index in [1.807, 2.05) is 13.8 Å². The van der Waals surface area contributed by atoms with Crippen LogP contribution in [0.25, 0.3) is 0 Å². The number of carboxylic acid groups (broad SMARTS) is 1. The average molecular weight is 286 g/mol. The Morgan fingerprint density at radius 3 is 2.68 bits per heavy atom. The van der Waals surface area contributed by atoms with Crippen LogP contribution in [0.15, 0.2) is 18.2 Å². The Kier molecular flexibility index (Phi) is 5.63. The lowest BCUT2D eigenvalue weighted by atomic mass is 10.2. The molecule has 0 spiro atoms. The molecule has 0 aliphatic rings. The van der Waals surface area contributed by atoms with E-state index in [-0.39, 0.29) is 23.8 Å². The van der Waals surface area contributed by atoms with Gasteiger partial charge in [0.2, 0.25) is 0 Å². The van der Waals surface area contributed by atoms with E-state index in [1.54, 1.807) is 0 Å². The third-order valence-corrected chi connectivity index (χ3v) is 2.48. The normalized spacial score (nSPS) is 10.3. The van der Waals surface area contributed by atoms with E-state index in [4.69, 9.17) is 21.4 Å². The molecule has 0 aliphatic heterocycles. The lowest BCUT2D eigenvalue weighted by Gasteiger charge is -2.11. The number of aromatic carboxylic acids is 1. The van der Waals surface area contributed by atoms with Crippen molar-refractivity contribution in [3.05, 3.63) is 28.8 Å². The van der Waals surface area contributed by atoms with E-state index >= 15 is 0 Å². The van der Waals surface area contributed by atoms with Gasteiger partial charge >= 0.3 is 5.97 Å². The van der Waals surface area contributed by atoms with Crippen LogP contribution >= 0.6 is 11.6 Å². The summed E-state index contributed by atoms with van der Waals surface area (Å²) in [5, 5.41) is 12.0. The van der Waals surface area contributed by atoms with Gasteiger partial charge in [-0.1, -0.05) is 25.4 Å². The second-order valence-corrected chi connectivity index (χ2v) is 4.87. The fourth-order valence-corrected chi connectivity index (χ4v) is 1.47. The first-order valence-electron chi connectivity index (χ1n) is 5.82. The van der Waals surface area contributed by atoms with Crippen LogP contribution in [0.4, 0.5) is 0 Å². The minimum absolute atomic E-state index is 0.0268. The number of carbonyl (C=O) groups is 2. The van der Waals surface area contributed by atoms with Crippen molar-refractivity contribution in [1.82, 2.24) is 5.32 Å². The molecule has 1 rings (SSSR count). The van der Waals surface area contributed by atoms with E-state index in [0.29, 0.717) is 17.5 Å². The molecule has 0 saturated heterocycles. The highest BCUT2D eigenvalue weighted by Gasteiger charge is 2.13. The first-order valence-corrected chi connectivity index (χ1v) is 6.20. The predicted octanol–water partition coefficient (Wildman–Crippen LogP) is 2.19. The van der Waals surface area contributed by atoms with Gasteiger partial charge in [0.1, 0.15) is 11.3 Å². The van der Waals surface area contributed by atoms with Crippen molar-refractivity contribution in [2.24, 2.45) is 5.92 Å². The van der Waals surface area contributed by atoms with Crippen molar-refractivity contribution in [3.8, 4) is 5.75 Å². The Bertz CT molecular complexity index is 474. The Morgan fingerprint density at radius 2 is 2.11 bits per heavy atom. The standard InChI is InChI=1S/C13H16ClNO4/c1-8(2)6-15-12(16)7-19-11-5-9(14)3-4-10(11)13(17)18/h3-5,8H,6-7H2,1-2H3,(H,15,16)(H,17,18). The molecule has 19 heavy (non-hydrogen) atoms. The summed E-state index contributed by atoms with van der Waals surface area (Å²) < 4.78 is 5.20. The van der Waals surface area contributed by atoms with Gasteiger partial charge in [0.05, 0.1) is 0 Å². The molecule has 0 saturated carbocycles. The fourth-order valence-electron chi connectivity index (χ4n) is 1.30. The van der Waals surface area contributed by atoms with Gasteiger partial charge in [-0.25, -0.2) is 4.79 Å². The fraction of sp³-hybridized carbons (Fsp3) is 0.385. The zero-order valence-corrected chi connectivity index (χ0v) is 11.5. The Morgan fingerprint density at radius 1 is 1.42 bits per heavy atom. The highest BCUT2D eigenvalue weighted by molar-refractivity contribution is 6.30. The van der Waals surface area contributed by atoms with Gasteiger partial charge < -0.3 is 15.2 Å². The number of carbonyl (C=O) groups excluding carboxylic acids is 1. The topological polar surface area (TPSA) is 75.6 Å². The third kappa shape index (κ3) is 5.18. The SMILES string of the molecule is CC(C)CNC(=O)COc1cc(Cl)ccc1C(=O)O. The summed E-state index contributed by atoms with van der Waals surface area (Å²) >= 11 is 5.77. The van der Waals surface area contributed by atoms with Crippen molar-refractivity contribution in [3.63, 3.8) is 0 Å². The van der Waals surface area contributed by atoms with Gasteiger partial charge in [-0.05, 0) is 24.1 Å². The molecule has 1 aromatic carbocycles. The molecule has 0 radical (unpaired) electrons. The zero-order chi connectivity index (χ0) is 14.4. The molecule has 0 bridgehead atoms. The first-order chi connectivity index (χ1) is 8.90. The predicted molar refractivity (Wildman–Crippen MR) is 71.8 cm³/mol. The molecule has 0 fully saturated rings. The molecule has 1 amide bonds. The zero-order valence-electron chi connectivity index (χ0n) is 10.8. The molecule has 6 heteroatoms. The maximum atomic E-state index is 11.5. The quantitative estimate of drug-likeness (QED) is 0.840. The number of halogens is 1. The number of ether oxygens (including phenoxy) is 1. The van der Waals surface area contributed by atoms with Gasteiger partial charge in [-0.15, -0.1) is 0 Å². The van der Waals surface area contributed by atoms with Crippen LogP contribution in [0.1, 0.15) is 24.2 Å². The van der Waals surface area contributed by atoms with E-state index < -0.39 is 5.97 Å². The van der Waals surface area contributed by atoms with E-state index in [9.17, 15) is 9.59 Å². The van der Waals surface area contributed by atoms with Gasteiger partial charge in [0.15, 0.2) is 6.61 Å². The molecule has 1 aromatic rings. The lowest BCUT2D eigenvalue weighted by Crippen LogP contribution is -2.31. The molecule has 0 atom stereocenters. The summed E-state index contributed by atoms with van der Waals surface area (Å²) in [5.74, 6) is -1.01. The van der Waals surface area contributed by atoms with Crippen LogP contribution in [0.5, 0.6) is 5.75 Å². The van der Waals surface area contributed by atoms with Gasteiger partial charge in [0.25, 0.3) is 5.91 Å². The number of amides is 1. The maximum Gasteiger partial charge on any atom is 0.339 e. The minimum atomic E-state index is -1.13. The summed E-state index contributed by atoms with van der Waals surface area (Å²) in [6.45, 7) is 4.25. The largest absolute Gasteiger partial charge is 0.483 e. The third-order valence-electron chi connectivity index (χ3n) is 2.24. The van der Waals surface area contributed by atoms with Crippen LogP contribution in [-0.2, 0) is 4.79 Å². The molecule has 5 nitrogen and oxygen atoms in total. The second kappa shape index (κ2) is 6.99. The van der Waals surface area contributed by atoms with E-state index in [0.717, 1.165) is 0 Å². The van der Waals surface area contributed by atoms with Crippen molar-refractivity contribution in [1.29, 1.82) is 0 Å². The van der Waals surface area contributed by atoms with Gasteiger partial charge in [-0.3, -0.25) is 4.79 Å². The molecule has 0 aliphatic carbocycles. The van der Waals surface area contributed by atoms with Crippen molar-refractivity contribution >= 4 is 23.5 Å². The van der Waals surface area contributed by atoms with Crippen molar-refractivity contribution in [2.45, 2.75) is 13.8 Å². The van der Waals surface area contributed by atoms with Gasteiger partial charge in [-0.2, -0.15) is 0 Å². The summed E-state index contributed by atoms with van der Waals surface area (Å²) in [6.07, 6.45) is 0. The van der Waals surface area contributed by atoms with Crippen LogP contribution in [0.2, 0.25) is 5.02 Å². The smallest absolute Gasteiger partial charge is 0.339 e. The van der Waals surface area contributed by atoms with Crippen LogP contribution in [0, 0.1) is 5.92 Å². The minimum Gasteiger partial charge on any atom is -0.483 e. The molecule has 2 N–H and O–H groups in total. The summed E-state index contributed by atoms with van der Waals surface area (Å²) in [4.78, 5) is 22.4. The Hall–Kier alpha value is -1.75. The second-order valence-electron chi connectivity index (χ2n) is 4.43. The highest BCUT2D eigenvalue weighted by Crippen LogP contribution is 2.23. The van der Waals surface area contributed by atoms with Crippen molar-refractivity contribution < 1.29 is 19.4 Å². The highest BCUT2D eigenvalue weighted by atomic mass is 35.5. The number of carboxylic acids is 1. The summed E-state index contributed by atoms with van der Waals surface area (Å²) in [7, 11) is 0. The van der Waals surface area contributed by atoms with E-state index in [2.05, 4.69) is 5.32 Å². The first kappa shape index (κ1) is 15.3. The Balaban J connectivity index is 2.64. The number of hydrogen-bond acceptors (Lipinski definition) is 3. The van der Waals surface area contributed by atoms with Crippen LogP contribution in [-0.4, -0.2) is 30.1 Å². The number of rotatable bonds is 6. The maximum absolute atomic E-state index is 11.5. The number of benzene rings is 1. The molecular formula is C13H16ClNO4. The van der Waals surface area contributed by atoms with Crippen molar-refractivity contribution in [2.75, 3.05) is 13.2 Å². The molecular weight excluding hydrogens is 270 g/mol. The monoisotopic (exact) mass is 285 g/mol. The van der Waals surface area contributed by atoms with E-state index in [1.165, 1.54) is 18.2 Å². The molecule has 0 unspecified atom stereocenters. The molecule has 0 heterocycles. The van der Waals surface area contributed by atoms with Gasteiger partial charge in [0, 0.05) is 11.6 Å². The molecule has 0 aromatic heterocycles. The van der Waals surface area contributed by atoms with Crippen LogP contribution < -0.4 is 10.1 Å². The van der Waals surface area contributed by atoms with Crippen LogP contribution in [0.3, 0.4) is 0 Å². The Labute approximate surface area is 116 Å². The number of hydrogen-bond donors (Lipinski definition) is 2. The number of nitrogens with one attached hydrogen (secondary N) is 1. The lowest BCUT2D eigenvalue weighted by molar-refractivity contribution is -0.123. The summed E-state index contributed by atoms with van der Waals surface area (Å²) in [6, 6.07) is 4.17.